The minimum atomic E-state index is -1.02. The van der Waals surface area contributed by atoms with Crippen molar-refractivity contribution in [2.24, 2.45) is 5.73 Å². The van der Waals surface area contributed by atoms with Gasteiger partial charge in [0.05, 0.1) is 0 Å². The van der Waals surface area contributed by atoms with Crippen LogP contribution in [0.15, 0.2) is 0 Å². The molecule has 48 heavy (non-hydrogen) atoms. The van der Waals surface area contributed by atoms with Gasteiger partial charge >= 0.3 is 11.9 Å². The molecule has 7 nitrogen and oxygen atoms in total. The molecule has 0 aliphatic rings. The number of amides is 1. The number of carboxylic acid groups (broad SMARTS) is 1. The minimum absolute atomic E-state index is 0.0477. The molecule has 2 unspecified atom stereocenters. The van der Waals surface area contributed by atoms with Crippen LogP contribution in [0.5, 0.6) is 0 Å². The lowest BCUT2D eigenvalue weighted by Gasteiger charge is -2.17. The zero-order valence-electron chi connectivity index (χ0n) is 31.9. The van der Waals surface area contributed by atoms with Crippen LogP contribution >= 0.6 is 0 Å². The van der Waals surface area contributed by atoms with Crippen molar-refractivity contribution in [3.63, 3.8) is 0 Å². The number of unbranched alkanes of at least 4 members (excludes halogenated alkanes) is 24. The maximum absolute atomic E-state index is 12.4. The molecule has 0 radical (unpaired) electrons. The Bertz CT molecular complexity index is 732. The predicted molar refractivity (Wildman–Crippen MR) is 202 cm³/mol. The Kier molecular flexibility index (Phi) is 35.4. The summed E-state index contributed by atoms with van der Waals surface area (Å²) >= 11 is 0. The van der Waals surface area contributed by atoms with Crippen molar-refractivity contribution in [1.82, 2.24) is 5.32 Å². The third-order valence-electron chi connectivity index (χ3n) is 9.65. The van der Waals surface area contributed by atoms with Crippen molar-refractivity contribution in [1.29, 1.82) is 0 Å². The summed E-state index contributed by atoms with van der Waals surface area (Å²) in [5.41, 5.74) is 5.45. The van der Waals surface area contributed by atoms with Crippen molar-refractivity contribution >= 4 is 17.8 Å². The summed E-state index contributed by atoms with van der Waals surface area (Å²) < 4.78 is 5.79. The molecule has 7 heteroatoms. The summed E-state index contributed by atoms with van der Waals surface area (Å²) in [6, 6.07) is -0.868. The molecule has 284 valence electrons. The van der Waals surface area contributed by atoms with Crippen LogP contribution in [0.2, 0.25) is 0 Å². The smallest absolute Gasteiger partial charge is 0.326 e. The number of ether oxygens (including phenoxy) is 1. The molecule has 2 atom stereocenters. The molecule has 0 rings (SSSR count). The highest BCUT2D eigenvalue weighted by Crippen LogP contribution is 2.17. The zero-order chi connectivity index (χ0) is 35.3. The van der Waals surface area contributed by atoms with E-state index in [0.717, 1.165) is 44.9 Å². The molecule has 0 fully saturated rings. The average Bonchev–Trinajstić information content (AvgIpc) is 3.06. The molecule has 0 aliphatic carbocycles. The van der Waals surface area contributed by atoms with E-state index < -0.39 is 12.0 Å². The Labute approximate surface area is 297 Å². The lowest BCUT2D eigenvalue weighted by molar-refractivity contribution is -0.150. The first-order chi connectivity index (χ1) is 23.4. The van der Waals surface area contributed by atoms with Crippen LogP contribution in [0, 0.1) is 0 Å². The molecular weight excluding hydrogens is 600 g/mol. The van der Waals surface area contributed by atoms with Crippen molar-refractivity contribution in [2.45, 2.75) is 238 Å². The summed E-state index contributed by atoms with van der Waals surface area (Å²) in [4.78, 5) is 35.8. The third-order valence-corrected chi connectivity index (χ3v) is 9.65. The van der Waals surface area contributed by atoms with Gasteiger partial charge in [-0.2, -0.15) is 0 Å². The maximum atomic E-state index is 12.4. The molecule has 0 bridgehead atoms. The Hall–Kier alpha value is -1.63. The fourth-order valence-corrected chi connectivity index (χ4v) is 6.56. The molecule has 1 amide bonds. The highest BCUT2D eigenvalue weighted by Gasteiger charge is 2.19. The lowest BCUT2D eigenvalue weighted by Crippen LogP contribution is -2.40. The first kappa shape index (κ1) is 46.4. The third kappa shape index (κ3) is 32.9. The topological polar surface area (TPSA) is 119 Å². The molecule has 0 heterocycles. The molecule has 0 aliphatic heterocycles. The molecule has 0 aromatic heterocycles. The van der Waals surface area contributed by atoms with E-state index >= 15 is 0 Å². The molecular formula is C41H80N2O5. The number of hydrogen-bond acceptors (Lipinski definition) is 5. The van der Waals surface area contributed by atoms with Crippen LogP contribution in [0.1, 0.15) is 226 Å². The fraction of sp³-hybridized carbons (Fsp3) is 0.927. The Morgan fingerprint density at radius 2 is 0.938 bits per heavy atom. The fourth-order valence-electron chi connectivity index (χ4n) is 6.56. The van der Waals surface area contributed by atoms with Gasteiger partial charge in [0.25, 0.3) is 0 Å². The zero-order valence-corrected chi connectivity index (χ0v) is 31.9. The number of nitrogens with two attached hydrogens (primary N) is 1. The van der Waals surface area contributed by atoms with E-state index in [2.05, 4.69) is 19.2 Å². The van der Waals surface area contributed by atoms with Gasteiger partial charge in [0.2, 0.25) is 5.91 Å². The Morgan fingerprint density at radius 3 is 1.35 bits per heavy atom. The largest absolute Gasteiger partial charge is 0.480 e. The van der Waals surface area contributed by atoms with Crippen LogP contribution < -0.4 is 11.1 Å². The lowest BCUT2D eigenvalue weighted by atomic mass is 10.0. The van der Waals surface area contributed by atoms with E-state index in [1.165, 1.54) is 135 Å². The number of carbonyl (C=O) groups excluding carboxylic acids is 2. The first-order valence-corrected chi connectivity index (χ1v) is 20.9. The first-order valence-electron chi connectivity index (χ1n) is 20.9. The van der Waals surface area contributed by atoms with Crippen molar-refractivity contribution in [2.75, 3.05) is 6.54 Å². The molecule has 0 aromatic carbocycles. The van der Waals surface area contributed by atoms with Crippen LogP contribution in [-0.2, 0) is 19.1 Å². The van der Waals surface area contributed by atoms with Crippen LogP contribution in [0.25, 0.3) is 0 Å². The molecule has 0 saturated carbocycles. The maximum Gasteiger partial charge on any atom is 0.326 e. The van der Waals surface area contributed by atoms with Gasteiger partial charge < -0.3 is 20.9 Å². The van der Waals surface area contributed by atoms with Gasteiger partial charge in [-0.3, -0.25) is 9.59 Å². The second-order valence-electron chi connectivity index (χ2n) is 14.4. The van der Waals surface area contributed by atoms with E-state index in [4.69, 9.17) is 10.5 Å². The predicted octanol–water partition coefficient (Wildman–Crippen LogP) is 11.3. The highest BCUT2D eigenvalue weighted by molar-refractivity contribution is 5.83. The number of hydrogen-bond donors (Lipinski definition) is 3. The van der Waals surface area contributed by atoms with Crippen LogP contribution in [0.4, 0.5) is 0 Å². The number of carboxylic acids is 1. The van der Waals surface area contributed by atoms with Gasteiger partial charge in [0.15, 0.2) is 0 Å². The summed E-state index contributed by atoms with van der Waals surface area (Å²) in [5, 5.41) is 11.8. The number of nitrogens with one attached hydrogen (secondary N) is 1. The standard InChI is InChI=1S/C41H80N2O5/c1-3-5-6-7-8-9-10-11-12-13-14-15-16-17-18-19-20-21-22-23-24-25-29-35-40(45)48-37(31-4-2)32-27-26-28-34-39(44)43-38(41(46)47)33-30-36-42/h37-38H,3-36,42H2,1-2H3,(H,43,44)(H,46,47). The SMILES string of the molecule is CCCCCCCCCCCCCCCCCCCCCCCCCC(=O)OC(CCC)CCCCCC(=O)NC(CCCN)C(=O)O. The number of aliphatic carboxylic acids is 1. The van der Waals surface area contributed by atoms with Crippen LogP contribution in [-0.4, -0.2) is 41.6 Å². The van der Waals surface area contributed by atoms with E-state index in [9.17, 15) is 19.5 Å². The van der Waals surface area contributed by atoms with Gasteiger partial charge in [-0.15, -0.1) is 0 Å². The summed E-state index contributed by atoms with van der Waals surface area (Å²) in [5.74, 6) is -1.32. The van der Waals surface area contributed by atoms with E-state index in [1.807, 2.05) is 0 Å². The van der Waals surface area contributed by atoms with E-state index in [-0.39, 0.29) is 18.0 Å². The molecule has 4 N–H and O–H groups in total. The monoisotopic (exact) mass is 681 g/mol. The van der Waals surface area contributed by atoms with Crippen molar-refractivity contribution < 1.29 is 24.2 Å². The summed E-state index contributed by atoms with van der Waals surface area (Å²) in [6.45, 7) is 4.80. The Morgan fingerprint density at radius 1 is 0.521 bits per heavy atom. The normalized spacial score (nSPS) is 12.6. The van der Waals surface area contributed by atoms with Crippen molar-refractivity contribution in [3.8, 4) is 0 Å². The molecule has 0 aromatic rings. The van der Waals surface area contributed by atoms with Gasteiger partial charge in [0.1, 0.15) is 12.1 Å². The number of carbonyl (C=O) groups is 3. The van der Waals surface area contributed by atoms with Gasteiger partial charge in [0, 0.05) is 12.8 Å². The van der Waals surface area contributed by atoms with E-state index in [1.54, 1.807) is 0 Å². The van der Waals surface area contributed by atoms with Crippen LogP contribution in [0.3, 0.4) is 0 Å². The summed E-state index contributed by atoms with van der Waals surface area (Å²) in [7, 11) is 0. The highest BCUT2D eigenvalue weighted by atomic mass is 16.5. The average molecular weight is 681 g/mol. The second kappa shape index (κ2) is 36.6. The quantitative estimate of drug-likeness (QED) is 0.0441. The van der Waals surface area contributed by atoms with Gasteiger partial charge in [-0.05, 0) is 51.5 Å². The van der Waals surface area contributed by atoms with Gasteiger partial charge in [-0.1, -0.05) is 168 Å². The summed E-state index contributed by atoms with van der Waals surface area (Å²) in [6.07, 6.45) is 38.2. The number of esters is 1. The Balaban J connectivity index is 3.60. The molecule has 0 spiro atoms. The van der Waals surface area contributed by atoms with E-state index in [0.29, 0.717) is 38.6 Å². The van der Waals surface area contributed by atoms with Gasteiger partial charge in [-0.25, -0.2) is 4.79 Å². The number of rotatable bonds is 38. The molecule has 0 saturated heterocycles. The minimum Gasteiger partial charge on any atom is -0.480 e. The van der Waals surface area contributed by atoms with Crippen molar-refractivity contribution in [3.05, 3.63) is 0 Å². The second-order valence-corrected chi connectivity index (χ2v) is 14.4.